The van der Waals surface area contributed by atoms with Crippen LogP contribution in [-0.4, -0.2) is 40.5 Å². The minimum absolute atomic E-state index is 0.719. The summed E-state index contributed by atoms with van der Waals surface area (Å²) >= 11 is 0. The summed E-state index contributed by atoms with van der Waals surface area (Å²) in [5, 5.41) is 0. The molecule has 2 unspecified atom stereocenters. The van der Waals surface area contributed by atoms with Crippen molar-refractivity contribution in [2.45, 2.75) is 31.8 Å². The zero-order chi connectivity index (χ0) is 15.5. The summed E-state index contributed by atoms with van der Waals surface area (Å²) in [6.45, 7) is 4.54. The van der Waals surface area contributed by atoms with E-state index in [2.05, 4.69) is 50.1 Å². The number of fused-ring (bicyclic) bond motifs is 1. The van der Waals surface area contributed by atoms with Crippen molar-refractivity contribution in [2.75, 3.05) is 24.5 Å². The van der Waals surface area contributed by atoms with E-state index in [1.54, 1.807) is 12.4 Å². The molecule has 4 nitrogen and oxygen atoms in total. The number of nitrogens with zero attached hydrogens (tertiary/aromatic N) is 4. The first-order valence-corrected chi connectivity index (χ1v) is 8.69. The molecule has 2 fully saturated rings. The molecule has 2 aliphatic heterocycles. The minimum Gasteiger partial charge on any atom is -0.355 e. The van der Waals surface area contributed by atoms with E-state index in [0.29, 0.717) is 0 Å². The summed E-state index contributed by atoms with van der Waals surface area (Å²) in [4.78, 5) is 13.8. The smallest absolute Gasteiger partial charge is 0.147 e. The van der Waals surface area contributed by atoms with Gasteiger partial charge in [-0.15, -0.1) is 0 Å². The van der Waals surface area contributed by atoms with Gasteiger partial charge in [-0.3, -0.25) is 9.88 Å². The summed E-state index contributed by atoms with van der Waals surface area (Å²) in [6, 6.07) is 11.6. The van der Waals surface area contributed by atoms with Gasteiger partial charge in [0.05, 0.1) is 6.20 Å². The molecule has 4 rings (SSSR count). The number of likely N-dealkylation sites (tertiary alicyclic amines) is 1. The van der Waals surface area contributed by atoms with Gasteiger partial charge in [-0.2, -0.15) is 0 Å². The normalized spacial score (nSPS) is 25.1. The van der Waals surface area contributed by atoms with Gasteiger partial charge in [0.15, 0.2) is 0 Å². The molecule has 0 aliphatic carbocycles. The van der Waals surface area contributed by atoms with Crippen LogP contribution < -0.4 is 4.90 Å². The van der Waals surface area contributed by atoms with Crippen molar-refractivity contribution in [1.82, 2.24) is 14.9 Å². The molecule has 2 saturated heterocycles. The van der Waals surface area contributed by atoms with E-state index in [0.717, 1.165) is 37.4 Å². The first-order chi connectivity index (χ1) is 11.4. The Hall–Kier alpha value is -1.94. The molecule has 1 aromatic heterocycles. The Morgan fingerprint density at radius 3 is 2.78 bits per heavy atom. The van der Waals surface area contributed by atoms with Crippen LogP contribution in [0.2, 0.25) is 0 Å². The molecule has 2 aliphatic rings. The van der Waals surface area contributed by atoms with Crippen molar-refractivity contribution >= 4 is 5.82 Å². The predicted octanol–water partition coefficient (Wildman–Crippen LogP) is 2.97. The molecule has 23 heavy (non-hydrogen) atoms. The van der Waals surface area contributed by atoms with Gasteiger partial charge in [0, 0.05) is 38.1 Å². The lowest BCUT2D eigenvalue weighted by atomic mass is 9.83. The zero-order valence-electron chi connectivity index (χ0n) is 13.5. The van der Waals surface area contributed by atoms with Crippen LogP contribution in [0.15, 0.2) is 48.9 Å². The third-order valence-corrected chi connectivity index (χ3v) is 5.29. The van der Waals surface area contributed by atoms with Crippen molar-refractivity contribution < 1.29 is 0 Å². The van der Waals surface area contributed by atoms with Gasteiger partial charge in [-0.25, -0.2) is 4.98 Å². The molecule has 0 saturated carbocycles. The van der Waals surface area contributed by atoms with Gasteiger partial charge in [0.25, 0.3) is 0 Å². The fraction of sp³-hybridized carbons (Fsp3) is 0.474. The maximum absolute atomic E-state index is 4.48. The number of rotatable bonds is 3. The second-order valence-electron chi connectivity index (χ2n) is 6.72. The second kappa shape index (κ2) is 6.67. The predicted molar refractivity (Wildman–Crippen MR) is 92.2 cm³/mol. The third-order valence-electron chi connectivity index (χ3n) is 5.29. The van der Waals surface area contributed by atoms with E-state index in [1.165, 1.54) is 31.4 Å². The Balaban J connectivity index is 1.44. The molecule has 1 aromatic carbocycles. The molecule has 0 radical (unpaired) electrons. The van der Waals surface area contributed by atoms with E-state index in [4.69, 9.17) is 0 Å². The number of anilines is 1. The van der Waals surface area contributed by atoms with Crippen LogP contribution in [0.25, 0.3) is 0 Å². The number of hydrogen-bond donors (Lipinski definition) is 0. The Kier molecular flexibility index (Phi) is 4.24. The van der Waals surface area contributed by atoms with E-state index < -0.39 is 0 Å². The van der Waals surface area contributed by atoms with E-state index >= 15 is 0 Å². The average molecular weight is 308 g/mol. The SMILES string of the molecule is c1ccc(CN2CCCC3CN(c4cnccn4)CCC32)cc1. The molecule has 0 spiro atoms. The highest BCUT2D eigenvalue weighted by Crippen LogP contribution is 2.32. The summed E-state index contributed by atoms with van der Waals surface area (Å²) < 4.78 is 0. The lowest BCUT2D eigenvalue weighted by molar-refractivity contribution is 0.0700. The Bertz CT molecular complexity index is 616. The molecule has 0 bridgehead atoms. The highest BCUT2D eigenvalue weighted by atomic mass is 15.2. The third kappa shape index (κ3) is 3.22. The highest BCUT2D eigenvalue weighted by molar-refractivity contribution is 5.36. The number of aromatic nitrogens is 2. The Morgan fingerprint density at radius 1 is 1.04 bits per heavy atom. The average Bonchev–Trinajstić information content (AvgIpc) is 2.63. The van der Waals surface area contributed by atoms with Crippen LogP contribution in [-0.2, 0) is 6.54 Å². The fourth-order valence-corrected chi connectivity index (χ4v) is 4.18. The molecule has 4 heteroatoms. The summed E-state index contributed by atoms with van der Waals surface area (Å²) in [7, 11) is 0. The topological polar surface area (TPSA) is 32.3 Å². The quantitative estimate of drug-likeness (QED) is 0.872. The molecule has 0 N–H and O–H groups in total. The van der Waals surface area contributed by atoms with Gasteiger partial charge in [-0.05, 0) is 37.3 Å². The van der Waals surface area contributed by atoms with Gasteiger partial charge < -0.3 is 4.90 Å². The van der Waals surface area contributed by atoms with Crippen LogP contribution in [0.5, 0.6) is 0 Å². The van der Waals surface area contributed by atoms with E-state index in [-0.39, 0.29) is 0 Å². The largest absolute Gasteiger partial charge is 0.355 e. The molecular formula is C19H24N4. The van der Waals surface area contributed by atoms with Crippen molar-refractivity contribution in [2.24, 2.45) is 5.92 Å². The van der Waals surface area contributed by atoms with Crippen LogP contribution in [0.3, 0.4) is 0 Å². The van der Waals surface area contributed by atoms with Crippen molar-refractivity contribution in [1.29, 1.82) is 0 Å². The number of hydrogen-bond acceptors (Lipinski definition) is 4. The lowest BCUT2D eigenvalue weighted by Crippen LogP contribution is -2.53. The number of benzene rings is 1. The molecule has 120 valence electrons. The zero-order valence-corrected chi connectivity index (χ0v) is 13.5. The first-order valence-electron chi connectivity index (χ1n) is 8.69. The Morgan fingerprint density at radius 2 is 1.96 bits per heavy atom. The van der Waals surface area contributed by atoms with Crippen LogP contribution >= 0.6 is 0 Å². The van der Waals surface area contributed by atoms with Crippen molar-refractivity contribution in [3.63, 3.8) is 0 Å². The fourth-order valence-electron chi connectivity index (χ4n) is 4.18. The van der Waals surface area contributed by atoms with Crippen LogP contribution in [0.1, 0.15) is 24.8 Å². The number of piperidine rings is 2. The highest BCUT2D eigenvalue weighted by Gasteiger charge is 2.36. The first kappa shape index (κ1) is 14.6. The molecule has 0 amide bonds. The molecule has 3 heterocycles. The van der Waals surface area contributed by atoms with Gasteiger partial charge in [-0.1, -0.05) is 30.3 Å². The molecular weight excluding hydrogens is 284 g/mol. The molecule has 2 atom stereocenters. The Labute approximate surface area is 138 Å². The van der Waals surface area contributed by atoms with E-state index in [1.807, 2.05) is 6.20 Å². The minimum atomic E-state index is 0.719. The van der Waals surface area contributed by atoms with Crippen molar-refractivity contribution in [3.05, 3.63) is 54.5 Å². The van der Waals surface area contributed by atoms with Gasteiger partial charge in [0.1, 0.15) is 5.82 Å². The van der Waals surface area contributed by atoms with Crippen LogP contribution in [0.4, 0.5) is 5.82 Å². The lowest BCUT2D eigenvalue weighted by Gasteiger charge is -2.47. The van der Waals surface area contributed by atoms with E-state index in [9.17, 15) is 0 Å². The monoisotopic (exact) mass is 308 g/mol. The van der Waals surface area contributed by atoms with Gasteiger partial charge in [0.2, 0.25) is 0 Å². The maximum Gasteiger partial charge on any atom is 0.147 e. The molecule has 2 aromatic rings. The van der Waals surface area contributed by atoms with Gasteiger partial charge >= 0.3 is 0 Å². The maximum atomic E-state index is 4.48. The summed E-state index contributed by atoms with van der Waals surface area (Å²) in [5.41, 5.74) is 1.43. The second-order valence-corrected chi connectivity index (χ2v) is 6.72. The van der Waals surface area contributed by atoms with Crippen molar-refractivity contribution in [3.8, 4) is 0 Å². The standard InChI is InChI=1S/C19H24N4/c1-2-5-16(6-3-1)14-22-11-4-7-17-15-23(12-8-18(17)22)19-13-20-9-10-21-19/h1-3,5-6,9-10,13,17-18H,4,7-8,11-12,14-15H2. The summed E-state index contributed by atoms with van der Waals surface area (Å²) in [5.74, 6) is 1.79. The summed E-state index contributed by atoms with van der Waals surface area (Å²) in [6.07, 6.45) is 9.32. The van der Waals surface area contributed by atoms with Crippen LogP contribution in [0, 0.1) is 5.92 Å².